The Hall–Kier alpha value is -1.46. The summed E-state index contributed by atoms with van der Waals surface area (Å²) < 4.78 is 5.74. The van der Waals surface area contributed by atoms with Gasteiger partial charge in [0.2, 0.25) is 5.53 Å². The quantitative estimate of drug-likeness (QED) is 0.647. The van der Waals surface area contributed by atoms with Gasteiger partial charge in [-0.15, -0.1) is 0 Å². The van der Waals surface area contributed by atoms with Crippen molar-refractivity contribution in [3.05, 3.63) is 42.3 Å². The van der Waals surface area contributed by atoms with E-state index in [0.717, 1.165) is 0 Å². The molecule has 1 aromatic rings. The number of hydrogen-bond donors (Lipinski definition) is 1. The summed E-state index contributed by atoms with van der Waals surface area (Å²) in [7, 11) is -2.74. The summed E-state index contributed by atoms with van der Waals surface area (Å²) in [5.41, 5.74) is 5.69. The van der Waals surface area contributed by atoms with Crippen molar-refractivity contribution >= 4 is 19.6 Å². The van der Waals surface area contributed by atoms with Gasteiger partial charge in [0.15, 0.2) is 5.78 Å². The molecule has 0 aromatic heterocycles. The highest BCUT2D eigenvalue weighted by Crippen LogP contribution is 2.36. The van der Waals surface area contributed by atoms with Crippen molar-refractivity contribution in [1.29, 1.82) is 0 Å². The van der Waals surface area contributed by atoms with Crippen LogP contribution in [-0.2, 0) is 4.43 Å². The van der Waals surface area contributed by atoms with Crippen molar-refractivity contribution in [3.8, 4) is 0 Å². The maximum Gasteiger partial charge on any atom is 0.294 e. The van der Waals surface area contributed by atoms with Crippen LogP contribution < -0.4 is 5.73 Å². The van der Waals surface area contributed by atoms with Gasteiger partial charge in [0.1, 0.15) is 0 Å². The number of hydrogen-bond acceptors (Lipinski definition) is 3. The van der Waals surface area contributed by atoms with E-state index < -0.39 is 13.8 Å². The highest BCUT2D eigenvalue weighted by molar-refractivity contribution is 7.02. The van der Waals surface area contributed by atoms with Crippen LogP contribution in [0.15, 0.2) is 30.3 Å². The zero-order valence-corrected chi connectivity index (χ0v) is 13.5. The molecule has 1 radical (unpaired) electrons. The molecule has 0 aliphatic heterocycles. The molecule has 4 nitrogen and oxygen atoms in total. The fourth-order valence-corrected chi connectivity index (χ4v) is 3.39. The van der Waals surface area contributed by atoms with Crippen LogP contribution in [0.2, 0.25) is 11.6 Å². The van der Waals surface area contributed by atoms with E-state index in [1.165, 1.54) is 6.42 Å². The molecule has 0 aliphatic rings. The number of primary amides is 1. The van der Waals surface area contributed by atoms with Gasteiger partial charge in [0.25, 0.3) is 8.32 Å². The first kappa shape index (κ1) is 16.6. The van der Waals surface area contributed by atoms with E-state index in [9.17, 15) is 9.59 Å². The Balaban J connectivity index is 2.63. The number of ketones is 1. The minimum atomic E-state index is -2.74. The molecule has 1 rings (SSSR count). The van der Waals surface area contributed by atoms with Gasteiger partial charge in [-0.3, -0.25) is 9.59 Å². The van der Waals surface area contributed by atoms with Crippen LogP contribution in [0, 0.1) is 6.42 Å². The largest absolute Gasteiger partial charge is 0.406 e. The Morgan fingerprint density at radius 3 is 2.25 bits per heavy atom. The predicted octanol–water partition coefficient (Wildman–Crippen LogP) is 3.13. The number of nitrogens with two attached hydrogens (primary N) is 1. The summed E-state index contributed by atoms with van der Waals surface area (Å²) in [6.45, 7) is 7.70. The third-order valence-electron chi connectivity index (χ3n) is 3.60. The second kappa shape index (κ2) is 6.32. The molecule has 1 atom stereocenters. The second-order valence-corrected chi connectivity index (χ2v) is 10.2. The van der Waals surface area contributed by atoms with Crippen LogP contribution >= 0.6 is 0 Å². The first-order valence-corrected chi connectivity index (χ1v) is 8.96. The van der Waals surface area contributed by atoms with Crippen molar-refractivity contribution < 1.29 is 14.0 Å². The van der Waals surface area contributed by atoms with Crippen molar-refractivity contribution in [2.45, 2.75) is 32.4 Å². The van der Waals surface area contributed by atoms with Crippen molar-refractivity contribution in [3.63, 3.8) is 0 Å². The van der Waals surface area contributed by atoms with E-state index in [1.54, 1.807) is 30.8 Å². The van der Waals surface area contributed by atoms with Gasteiger partial charge in [-0.1, -0.05) is 51.1 Å². The van der Waals surface area contributed by atoms with Gasteiger partial charge in [-0.25, -0.2) is 0 Å². The van der Waals surface area contributed by atoms with E-state index >= 15 is 0 Å². The first-order chi connectivity index (χ1) is 9.18. The standard InChI is InChI=1S/C15H22NO3Si/c1-15(2,3)20(4,14(16)18)19-11-10-13(17)12-8-6-5-7-9-12/h5-10H,11H2,1-4H3,(H2,16,18)/t20-/m1/s1. The average Bonchev–Trinajstić information content (AvgIpc) is 2.37. The lowest BCUT2D eigenvalue weighted by Crippen LogP contribution is -2.55. The normalized spacial score (nSPS) is 14.6. The Morgan fingerprint density at radius 1 is 1.25 bits per heavy atom. The fraction of sp³-hybridized carbons (Fsp3) is 0.400. The third kappa shape index (κ3) is 3.77. The first-order valence-electron chi connectivity index (χ1n) is 6.55. The van der Waals surface area contributed by atoms with Crippen LogP contribution in [-0.4, -0.2) is 26.2 Å². The minimum absolute atomic E-state index is 0.108. The van der Waals surface area contributed by atoms with Crippen LogP contribution in [0.25, 0.3) is 0 Å². The van der Waals surface area contributed by atoms with Crippen molar-refractivity contribution in [2.24, 2.45) is 5.73 Å². The molecule has 109 valence electrons. The Morgan fingerprint density at radius 2 is 1.80 bits per heavy atom. The van der Waals surface area contributed by atoms with Gasteiger partial charge < -0.3 is 10.2 Å². The van der Waals surface area contributed by atoms with Gasteiger partial charge >= 0.3 is 0 Å². The zero-order valence-electron chi connectivity index (χ0n) is 12.5. The summed E-state index contributed by atoms with van der Waals surface area (Å²) in [6, 6.07) is 8.95. The molecule has 1 aromatic carbocycles. The van der Waals surface area contributed by atoms with E-state index in [0.29, 0.717) is 5.56 Å². The Labute approximate surface area is 121 Å². The number of Topliss-reactive ketones (excluding diaryl/α,β-unsaturated/α-hetero) is 1. The number of rotatable bonds is 6. The topological polar surface area (TPSA) is 69.4 Å². The SMILES string of the molecule is CC(C)(C)[Si@](C)(OC[CH]C(=O)c1ccccc1)C(N)=O. The molecule has 20 heavy (non-hydrogen) atoms. The monoisotopic (exact) mass is 292 g/mol. The molecule has 2 N–H and O–H groups in total. The van der Waals surface area contributed by atoms with Gasteiger partial charge in [-0.05, 0) is 11.6 Å². The van der Waals surface area contributed by atoms with E-state index in [1.807, 2.05) is 26.8 Å². The lowest BCUT2D eigenvalue weighted by molar-refractivity contribution is 0.101. The summed E-state index contributed by atoms with van der Waals surface area (Å²) >= 11 is 0. The van der Waals surface area contributed by atoms with Crippen LogP contribution in [0.1, 0.15) is 31.1 Å². The van der Waals surface area contributed by atoms with E-state index in [2.05, 4.69) is 0 Å². The molecule has 0 spiro atoms. The molecule has 0 unspecified atom stereocenters. The number of amides is 1. The smallest absolute Gasteiger partial charge is 0.294 e. The lowest BCUT2D eigenvalue weighted by atomic mass is 10.1. The van der Waals surface area contributed by atoms with E-state index in [-0.39, 0.29) is 17.4 Å². The Kier molecular flexibility index (Phi) is 5.25. The molecule has 0 saturated carbocycles. The third-order valence-corrected chi connectivity index (χ3v) is 8.15. The maximum absolute atomic E-state index is 11.9. The molecule has 0 aliphatic carbocycles. The number of benzene rings is 1. The molecule has 5 heteroatoms. The van der Waals surface area contributed by atoms with Crippen LogP contribution in [0.4, 0.5) is 4.79 Å². The highest BCUT2D eigenvalue weighted by atomic mass is 28.4. The van der Waals surface area contributed by atoms with Crippen LogP contribution in [0.3, 0.4) is 0 Å². The second-order valence-electron chi connectivity index (χ2n) is 5.89. The van der Waals surface area contributed by atoms with Gasteiger partial charge in [-0.2, -0.15) is 0 Å². The maximum atomic E-state index is 11.9. The highest BCUT2D eigenvalue weighted by Gasteiger charge is 2.48. The fourth-order valence-electron chi connectivity index (χ4n) is 1.66. The molecule has 1 amide bonds. The predicted molar refractivity (Wildman–Crippen MR) is 81.9 cm³/mol. The molecule has 0 fully saturated rings. The minimum Gasteiger partial charge on any atom is -0.406 e. The van der Waals surface area contributed by atoms with E-state index in [4.69, 9.17) is 10.2 Å². The summed E-state index contributed by atoms with van der Waals surface area (Å²) in [5.74, 6) is -0.111. The van der Waals surface area contributed by atoms with Gasteiger partial charge in [0, 0.05) is 12.2 Å². The molecular weight excluding hydrogens is 270 g/mol. The lowest BCUT2D eigenvalue weighted by Gasteiger charge is -2.35. The summed E-state index contributed by atoms with van der Waals surface area (Å²) in [5, 5.41) is -0.317. The molecular formula is C15H22NO3Si. The number of carbonyl (C=O) groups excluding carboxylic acids is 2. The van der Waals surface area contributed by atoms with Gasteiger partial charge in [0.05, 0.1) is 6.42 Å². The summed E-state index contributed by atoms with van der Waals surface area (Å²) in [4.78, 5) is 23.6. The zero-order chi connectivity index (χ0) is 15.4. The molecule has 0 bridgehead atoms. The Bertz CT molecular complexity index is 482. The summed E-state index contributed by atoms with van der Waals surface area (Å²) in [6.07, 6.45) is 1.45. The van der Waals surface area contributed by atoms with Crippen LogP contribution in [0.5, 0.6) is 0 Å². The average molecular weight is 292 g/mol. The number of carbonyl (C=O) groups is 2. The van der Waals surface area contributed by atoms with Crippen molar-refractivity contribution in [1.82, 2.24) is 0 Å². The molecule has 0 saturated heterocycles. The molecule has 0 heterocycles. The van der Waals surface area contributed by atoms with Crippen molar-refractivity contribution in [2.75, 3.05) is 6.61 Å².